The Bertz CT molecular complexity index is 1690. The number of carbonyl (C=O) groups excluding carboxylic acids is 5. The first-order valence-corrected chi connectivity index (χ1v) is 21.8. The van der Waals surface area contributed by atoms with E-state index in [1.165, 1.54) is 0 Å². The normalized spacial score (nSPS) is 37.2. The van der Waals surface area contributed by atoms with Gasteiger partial charge in [0.15, 0.2) is 54.0 Å². The zero-order valence-electron chi connectivity index (χ0n) is 38.9. The number of rotatable bonds is 9. The molecule has 0 bridgehead atoms. The average molecular weight is 1030 g/mol. The first-order valence-electron chi connectivity index (χ1n) is 21.8. The molecular formula is C42H72ClNO25. The van der Waals surface area contributed by atoms with Crippen molar-refractivity contribution in [2.45, 2.75) is 203 Å². The lowest BCUT2D eigenvalue weighted by Gasteiger charge is -2.25. The van der Waals surface area contributed by atoms with Gasteiger partial charge >= 0.3 is 29.8 Å². The van der Waals surface area contributed by atoms with Crippen LogP contribution in [0.1, 0.15) is 82.1 Å². The third-order valence-corrected chi connectivity index (χ3v) is 10.9. The monoisotopic (exact) mass is 1030 g/mol. The quantitative estimate of drug-likeness (QED) is 0.0780. The van der Waals surface area contributed by atoms with Crippen molar-refractivity contribution in [3.63, 3.8) is 0 Å². The summed E-state index contributed by atoms with van der Waals surface area (Å²) >= 11 is 0. The lowest BCUT2D eigenvalue weighted by Crippen LogP contribution is -2.40. The summed E-state index contributed by atoms with van der Waals surface area (Å²) in [6, 6.07) is 0.344. The van der Waals surface area contributed by atoms with Gasteiger partial charge in [-0.1, -0.05) is 21.3 Å². The number of aliphatic hydroxyl groups excluding tert-OH is 9. The van der Waals surface area contributed by atoms with Gasteiger partial charge in [0.25, 0.3) is 0 Å². The van der Waals surface area contributed by atoms with Crippen molar-refractivity contribution in [3.8, 4) is 0 Å². The summed E-state index contributed by atoms with van der Waals surface area (Å²) in [7, 11) is 0. The molecule has 8 aliphatic heterocycles. The maximum Gasteiger partial charge on any atom is 0.338 e. The molecule has 8 rings (SSSR count). The summed E-state index contributed by atoms with van der Waals surface area (Å²) in [5, 5.41) is 83.7. The van der Waals surface area contributed by atoms with Gasteiger partial charge in [-0.3, -0.25) is 14.4 Å². The number of aliphatic hydroxyl groups is 9. The summed E-state index contributed by atoms with van der Waals surface area (Å²) in [5.74, 6) is -4.67. The summed E-state index contributed by atoms with van der Waals surface area (Å²) in [6.45, 7) is 14.9. The van der Waals surface area contributed by atoms with Crippen LogP contribution in [0.2, 0.25) is 0 Å². The van der Waals surface area contributed by atoms with Gasteiger partial charge in [-0.25, -0.2) is 9.59 Å². The van der Waals surface area contributed by atoms with Crippen LogP contribution in [0.3, 0.4) is 0 Å². The highest BCUT2D eigenvalue weighted by molar-refractivity contribution is 5.85. The number of nitrogens with one attached hydrogen (secondary N) is 1. The predicted molar refractivity (Wildman–Crippen MR) is 230 cm³/mol. The second-order valence-corrected chi connectivity index (χ2v) is 18.3. The molecule has 0 spiro atoms. The van der Waals surface area contributed by atoms with Crippen molar-refractivity contribution >= 4 is 42.3 Å². The second kappa shape index (κ2) is 26.1. The Balaban J connectivity index is 0.000000298. The molecule has 0 amide bonds. The second-order valence-electron chi connectivity index (χ2n) is 18.3. The van der Waals surface area contributed by atoms with Gasteiger partial charge in [-0.2, -0.15) is 0 Å². The third-order valence-electron chi connectivity index (χ3n) is 10.9. The van der Waals surface area contributed by atoms with E-state index in [1.807, 2.05) is 27.7 Å². The number of carbonyl (C=O) groups is 5. The van der Waals surface area contributed by atoms with Gasteiger partial charge in [0.05, 0.1) is 45.7 Å². The largest absolute Gasteiger partial charge is 0.458 e. The van der Waals surface area contributed by atoms with Gasteiger partial charge in [-0.05, 0) is 41.5 Å². The number of halogens is 1. The molecule has 8 saturated heterocycles. The Morgan fingerprint density at radius 1 is 0.580 bits per heavy atom. The summed E-state index contributed by atoms with van der Waals surface area (Å²) in [6.07, 6.45) is -13.3. The molecule has 10 N–H and O–H groups in total. The van der Waals surface area contributed by atoms with Crippen LogP contribution >= 0.6 is 12.4 Å². The molecule has 8 aliphatic rings. The fourth-order valence-electron chi connectivity index (χ4n) is 7.55. The fraction of sp³-hybridized carbons (Fsp3) is 0.881. The number of hydrogen-bond donors (Lipinski definition) is 10. The molecular weight excluding hydrogens is 954 g/mol. The van der Waals surface area contributed by atoms with Crippen LogP contribution in [0.5, 0.6) is 0 Å². The fourth-order valence-corrected chi connectivity index (χ4v) is 7.55. The topological polar surface area (TPSA) is 381 Å². The zero-order valence-corrected chi connectivity index (χ0v) is 39.8. The van der Waals surface area contributed by atoms with E-state index in [2.05, 4.69) is 14.8 Å². The van der Waals surface area contributed by atoms with E-state index >= 15 is 0 Å². The number of ether oxygens (including phenoxy) is 11. The molecule has 27 heteroatoms. The smallest absolute Gasteiger partial charge is 0.338 e. The lowest BCUT2D eigenvalue weighted by molar-refractivity contribution is -0.200. The van der Waals surface area contributed by atoms with E-state index in [0.29, 0.717) is 25.8 Å². The van der Waals surface area contributed by atoms with E-state index in [1.54, 1.807) is 27.7 Å². The Morgan fingerprint density at radius 2 is 1.07 bits per heavy atom. The Hall–Kier alpha value is -3.00. The molecule has 8 fully saturated rings. The molecule has 69 heavy (non-hydrogen) atoms. The Kier molecular flexibility index (Phi) is 23.5. The number of esters is 5. The standard InChI is InChI=1S/C12H18O6.C9H14O5.C8H15NO3.C6H10O6.C6H10O5.CH4.ClH/c1-11(2)14-5-6(16-11)7-8-9(10(13)15-7)18-12(3,4)17-8;1-9(2)12-4-6(14-9)8-5(10)3-7(11)13-8;1-5(2)9-4-7-6(10)3-8(11)12-7;7-1-2(8)5-3(9)4(10)6(11)12-5;7-2-4(9)6-3(8)1-5(10)11-6;;/h6-9H,5H2,1-4H3;5-6,8,10H,3-4H2,1-2H3;5-7,9-10H,3-4H2,1-2H3;2-5,7-10H,1H2;3-4,6-9H,1-2H2;1H4;1H/t6?,7-,8-,9?;5-,6?,8-;6-,7-;2?,3-,4?,5-;3-,4?,6+;;/m01111../s1. The summed E-state index contributed by atoms with van der Waals surface area (Å²) < 4.78 is 57.3. The van der Waals surface area contributed by atoms with E-state index in [4.69, 9.17) is 78.4 Å². The SMILES string of the molecule is C.CC(C)NC[C@H]1OC(=O)C[C@H]1O.CC1(C)OCC([C@@H]2OC(=O)C3OC(C)(C)O[C@H]32)O1.CC1(C)OCC([C@@H]2OC(=O)C[C@H]2O)O1.Cl.O=C1C[C@@H](O)[C@@H](C(O)CO)O1.O=C1O[C@H](C(O)CO)[C@H](O)C1O. The third kappa shape index (κ3) is 17.3. The maximum absolute atomic E-state index is 11.7. The Morgan fingerprint density at radius 3 is 1.48 bits per heavy atom. The molecule has 6 unspecified atom stereocenters. The molecule has 0 aromatic carbocycles. The molecule has 0 saturated carbocycles. The number of hydrogen-bond acceptors (Lipinski definition) is 26. The van der Waals surface area contributed by atoms with E-state index in [-0.39, 0.29) is 75.3 Å². The molecule has 16 atom stereocenters. The van der Waals surface area contributed by atoms with Gasteiger partial charge in [0.1, 0.15) is 61.0 Å². The zero-order chi connectivity index (χ0) is 50.3. The minimum absolute atomic E-state index is 0. The van der Waals surface area contributed by atoms with Gasteiger partial charge in [0, 0.05) is 12.6 Å². The number of fused-ring (bicyclic) bond motifs is 1. The van der Waals surface area contributed by atoms with Gasteiger partial charge in [-0.15, -0.1) is 12.4 Å². The van der Waals surface area contributed by atoms with E-state index in [9.17, 15) is 34.2 Å². The molecule has 26 nitrogen and oxygen atoms in total. The van der Waals surface area contributed by atoms with Crippen LogP contribution < -0.4 is 5.32 Å². The van der Waals surface area contributed by atoms with Crippen molar-refractivity contribution in [1.29, 1.82) is 0 Å². The Labute approximate surface area is 405 Å². The van der Waals surface area contributed by atoms with E-state index < -0.39 is 122 Å². The minimum Gasteiger partial charge on any atom is -0.458 e. The lowest BCUT2D eigenvalue weighted by atomic mass is 10.1. The summed E-state index contributed by atoms with van der Waals surface area (Å²) in [5.41, 5.74) is 0. The maximum atomic E-state index is 11.7. The summed E-state index contributed by atoms with van der Waals surface area (Å²) in [4.78, 5) is 54.4. The molecule has 0 aromatic heterocycles. The van der Waals surface area contributed by atoms with Crippen molar-refractivity contribution in [2.24, 2.45) is 0 Å². The van der Waals surface area contributed by atoms with Crippen molar-refractivity contribution < 1.29 is 122 Å². The highest BCUT2D eigenvalue weighted by atomic mass is 35.5. The first-order chi connectivity index (χ1) is 31.1. The van der Waals surface area contributed by atoms with Crippen LogP contribution in [-0.2, 0) is 76.1 Å². The highest BCUT2D eigenvalue weighted by Crippen LogP contribution is 2.40. The molecule has 0 aromatic rings. The average Bonchev–Trinajstić information content (AvgIpc) is 4.13. The molecule has 402 valence electrons. The van der Waals surface area contributed by atoms with Gasteiger partial charge < -0.3 is 103 Å². The van der Waals surface area contributed by atoms with Crippen LogP contribution in [0.15, 0.2) is 0 Å². The van der Waals surface area contributed by atoms with Crippen molar-refractivity contribution in [1.82, 2.24) is 5.32 Å². The van der Waals surface area contributed by atoms with Crippen molar-refractivity contribution in [2.75, 3.05) is 33.0 Å². The highest BCUT2D eigenvalue weighted by Gasteiger charge is 2.60. The molecule has 0 aliphatic carbocycles. The van der Waals surface area contributed by atoms with Crippen LogP contribution in [0, 0.1) is 0 Å². The minimum atomic E-state index is -1.63. The first kappa shape index (κ1) is 62.1. The molecule has 8 heterocycles. The van der Waals surface area contributed by atoms with Crippen LogP contribution in [-0.4, -0.2) is 230 Å². The van der Waals surface area contributed by atoms with Crippen molar-refractivity contribution in [3.05, 3.63) is 0 Å². The van der Waals surface area contributed by atoms with Crippen LogP contribution in [0.25, 0.3) is 0 Å². The van der Waals surface area contributed by atoms with Crippen LogP contribution in [0.4, 0.5) is 0 Å². The number of cyclic esters (lactones) is 5. The van der Waals surface area contributed by atoms with E-state index in [0.717, 1.165) is 0 Å². The van der Waals surface area contributed by atoms with Gasteiger partial charge in [0.2, 0.25) is 0 Å². The predicted octanol–water partition coefficient (Wildman–Crippen LogP) is -3.88. The molecule has 0 radical (unpaired) electrons.